The Kier molecular flexibility index (Phi) is 3.42. The maximum Gasteiger partial charge on any atom is 0.416 e. The van der Waals surface area contributed by atoms with Gasteiger partial charge in [0.05, 0.1) is 5.56 Å². The fourth-order valence-corrected chi connectivity index (χ4v) is 1.93. The fraction of sp³-hybridized carbons (Fsp3) is 0.133. The van der Waals surface area contributed by atoms with Gasteiger partial charge in [0.2, 0.25) is 0 Å². The Labute approximate surface area is 108 Å². The van der Waals surface area contributed by atoms with Gasteiger partial charge < -0.3 is 0 Å². The summed E-state index contributed by atoms with van der Waals surface area (Å²) >= 11 is 0. The molecule has 0 aliphatic carbocycles. The van der Waals surface area contributed by atoms with Crippen LogP contribution < -0.4 is 0 Å². The van der Waals surface area contributed by atoms with E-state index >= 15 is 0 Å². The van der Waals surface area contributed by atoms with Gasteiger partial charge in [0.15, 0.2) is 5.78 Å². The van der Waals surface area contributed by atoms with Crippen molar-refractivity contribution in [3.05, 3.63) is 70.8 Å². The van der Waals surface area contributed by atoms with Gasteiger partial charge in [0.25, 0.3) is 0 Å². The Balaban J connectivity index is 2.50. The molecule has 0 fully saturated rings. The Morgan fingerprint density at radius 2 is 1.58 bits per heavy atom. The second-order valence-electron chi connectivity index (χ2n) is 4.17. The van der Waals surface area contributed by atoms with E-state index < -0.39 is 17.5 Å². The lowest BCUT2D eigenvalue weighted by Gasteiger charge is -2.13. The highest BCUT2D eigenvalue weighted by molar-refractivity contribution is 6.10. The monoisotopic (exact) mass is 264 g/mol. The summed E-state index contributed by atoms with van der Waals surface area (Å²) < 4.78 is 38.3. The first-order valence-corrected chi connectivity index (χ1v) is 5.68. The summed E-state index contributed by atoms with van der Waals surface area (Å²) in [5.74, 6) is -0.399. The van der Waals surface area contributed by atoms with Gasteiger partial charge >= 0.3 is 6.18 Å². The van der Waals surface area contributed by atoms with Crippen molar-refractivity contribution in [3.63, 3.8) is 0 Å². The van der Waals surface area contributed by atoms with Gasteiger partial charge in [0, 0.05) is 11.1 Å². The molecule has 0 aliphatic heterocycles. The molecule has 0 atom stereocenters. The fourth-order valence-electron chi connectivity index (χ4n) is 1.93. The lowest BCUT2D eigenvalue weighted by Crippen LogP contribution is -2.12. The molecule has 0 spiro atoms. The first-order valence-electron chi connectivity index (χ1n) is 5.68. The molecule has 4 heteroatoms. The van der Waals surface area contributed by atoms with Crippen LogP contribution in [0.2, 0.25) is 0 Å². The number of rotatable bonds is 2. The summed E-state index contributed by atoms with van der Waals surface area (Å²) in [7, 11) is 0. The second kappa shape index (κ2) is 4.88. The van der Waals surface area contributed by atoms with Crippen LogP contribution in [0.3, 0.4) is 0 Å². The highest BCUT2D eigenvalue weighted by Crippen LogP contribution is 2.33. The van der Waals surface area contributed by atoms with Gasteiger partial charge in [-0.1, -0.05) is 42.5 Å². The van der Waals surface area contributed by atoms with Crippen molar-refractivity contribution in [2.24, 2.45) is 0 Å². The van der Waals surface area contributed by atoms with Crippen molar-refractivity contribution in [2.45, 2.75) is 13.1 Å². The third-order valence-electron chi connectivity index (χ3n) is 2.92. The second-order valence-corrected chi connectivity index (χ2v) is 4.17. The van der Waals surface area contributed by atoms with Gasteiger partial charge in [0.1, 0.15) is 0 Å². The van der Waals surface area contributed by atoms with E-state index in [0.29, 0.717) is 5.56 Å². The number of ketones is 1. The average molecular weight is 264 g/mol. The summed E-state index contributed by atoms with van der Waals surface area (Å²) in [4.78, 5) is 12.2. The van der Waals surface area contributed by atoms with Crippen LogP contribution >= 0.6 is 0 Å². The number of alkyl halides is 3. The third-order valence-corrected chi connectivity index (χ3v) is 2.92. The molecule has 0 aliphatic rings. The first-order chi connectivity index (χ1) is 8.91. The maximum atomic E-state index is 12.8. The molecule has 0 saturated heterocycles. The van der Waals surface area contributed by atoms with Crippen molar-refractivity contribution >= 4 is 5.78 Å². The molecule has 0 heterocycles. The average Bonchev–Trinajstić information content (AvgIpc) is 2.38. The topological polar surface area (TPSA) is 17.1 Å². The van der Waals surface area contributed by atoms with Crippen molar-refractivity contribution in [1.82, 2.24) is 0 Å². The minimum absolute atomic E-state index is 0.0381. The predicted octanol–water partition coefficient (Wildman–Crippen LogP) is 4.24. The Morgan fingerprint density at radius 3 is 2.16 bits per heavy atom. The quantitative estimate of drug-likeness (QED) is 0.741. The molecule has 0 amide bonds. The van der Waals surface area contributed by atoms with Gasteiger partial charge in [-0.15, -0.1) is 0 Å². The molecule has 0 bridgehead atoms. The molecule has 19 heavy (non-hydrogen) atoms. The lowest BCUT2D eigenvalue weighted by molar-refractivity contribution is -0.138. The molecule has 0 radical (unpaired) electrons. The van der Waals surface area contributed by atoms with Crippen molar-refractivity contribution < 1.29 is 18.0 Å². The number of carbonyl (C=O) groups is 1. The zero-order valence-corrected chi connectivity index (χ0v) is 10.2. The first kappa shape index (κ1) is 13.3. The van der Waals surface area contributed by atoms with E-state index in [4.69, 9.17) is 0 Å². The summed E-state index contributed by atoms with van der Waals surface area (Å²) in [5.41, 5.74) is -0.343. The number of carbonyl (C=O) groups excluding carboxylic acids is 1. The molecule has 0 aromatic heterocycles. The number of hydrogen-bond acceptors (Lipinski definition) is 1. The van der Waals surface area contributed by atoms with E-state index in [9.17, 15) is 18.0 Å². The molecular formula is C15H11F3O. The summed E-state index contributed by atoms with van der Waals surface area (Å²) in [5, 5.41) is 0. The van der Waals surface area contributed by atoms with Gasteiger partial charge in [-0.2, -0.15) is 13.2 Å². The van der Waals surface area contributed by atoms with E-state index in [2.05, 4.69) is 0 Å². The van der Waals surface area contributed by atoms with E-state index in [1.807, 2.05) is 0 Å². The van der Waals surface area contributed by atoms with Crippen LogP contribution in [0.25, 0.3) is 0 Å². The predicted molar refractivity (Wildman–Crippen MR) is 66.1 cm³/mol. The zero-order chi connectivity index (χ0) is 14.0. The molecule has 2 aromatic rings. The van der Waals surface area contributed by atoms with E-state index in [0.717, 1.165) is 6.07 Å². The number of halogens is 3. The van der Waals surface area contributed by atoms with Crippen molar-refractivity contribution in [2.75, 3.05) is 0 Å². The number of benzene rings is 2. The van der Waals surface area contributed by atoms with Gasteiger partial charge in [-0.25, -0.2) is 0 Å². The number of hydrogen-bond donors (Lipinski definition) is 0. The van der Waals surface area contributed by atoms with Crippen molar-refractivity contribution in [1.29, 1.82) is 0 Å². The molecule has 0 unspecified atom stereocenters. The minimum Gasteiger partial charge on any atom is -0.289 e. The molecule has 2 aromatic carbocycles. The molecular weight excluding hydrogens is 253 g/mol. The Morgan fingerprint density at radius 1 is 0.947 bits per heavy atom. The Bertz CT molecular complexity index is 601. The molecule has 2 rings (SSSR count). The van der Waals surface area contributed by atoms with Crippen LogP contribution in [-0.4, -0.2) is 5.78 Å². The normalized spacial score (nSPS) is 11.4. The lowest BCUT2D eigenvalue weighted by atomic mass is 9.95. The molecule has 0 N–H and O–H groups in total. The highest BCUT2D eigenvalue weighted by Gasteiger charge is 2.33. The smallest absolute Gasteiger partial charge is 0.289 e. The van der Waals surface area contributed by atoms with Gasteiger partial charge in [-0.05, 0) is 18.6 Å². The highest BCUT2D eigenvalue weighted by atomic mass is 19.4. The molecule has 1 nitrogen and oxygen atoms in total. The summed E-state index contributed by atoms with van der Waals surface area (Å²) in [6, 6.07) is 11.9. The van der Waals surface area contributed by atoms with Crippen LogP contribution in [0.1, 0.15) is 27.0 Å². The molecule has 0 saturated carbocycles. The van der Waals surface area contributed by atoms with Crippen LogP contribution in [0.15, 0.2) is 48.5 Å². The third kappa shape index (κ3) is 2.67. The van der Waals surface area contributed by atoms with Crippen LogP contribution in [0.5, 0.6) is 0 Å². The largest absolute Gasteiger partial charge is 0.416 e. The van der Waals surface area contributed by atoms with Gasteiger partial charge in [-0.3, -0.25) is 4.79 Å². The van der Waals surface area contributed by atoms with Crippen LogP contribution in [0, 0.1) is 6.92 Å². The van der Waals surface area contributed by atoms with E-state index in [-0.39, 0.29) is 11.1 Å². The van der Waals surface area contributed by atoms with Crippen LogP contribution in [-0.2, 0) is 6.18 Å². The van der Waals surface area contributed by atoms with Crippen molar-refractivity contribution in [3.8, 4) is 0 Å². The zero-order valence-electron chi connectivity index (χ0n) is 10.2. The van der Waals surface area contributed by atoms with E-state index in [1.165, 1.54) is 19.1 Å². The van der Waals surface area contributed by atoms with Crippen LogP contribution in [0.4, 0.5) is 13.2 Å². The maximum absolute atomic E-state index is 12.8. The minimum atomic E-state index is -4.45. The molecule has 98 valence electrons. The summed E-state index contributed by atoms with van der Waals surface area (Å²) in [6.07, 6.45) is -4.45. The SMILES string of the molecule is Cc1c(C(=O)c2ccccc2)cccc1C(F)(F)F. The standard InChI is InChI=1S/C15H11F3O/c1-10-12(8-5-9-13(10)15(16,17)18)14(19)11-6-3-2-4-7-11/h2-9H,1H3. The Hall–Kier alpha value is -2.10. The summed E-state index contributed by atoms with van der Waals surface area (Å²) in [6.45, 7) is 1.32. The van der Waals surface area contributed by atoms with E-state index in [1.54, 1.807) is 30.3 Å².